The van der Waals surface area contributed by atoms with Crippen LogP contribution in [0.1, 0.15) is 24.5 Å². The summed E-state index contributed by atoms with van der Waals surface area (Å²) < 4.78 is 37.8. The smallest absolute Gasteiger partial charge is 0.416 e. The Morgan fingerprint density at radius 1 is 1.32 bits per heavy atom. The number of halogens is 3. The molecule has 1 heterocycles. The van der Waals surface area contributed by atoms with E-state index in [9.17, 15) is 23.1 Å². The molecule has 6 heteroatoms. The van der Waals surface area contributed by atoms with Gasteiger partial charge in [-0.1, -0.05) is 25.0 Å². The summed E-state index contributed by atoms with van der Waals surface area (Å²) >= 11 is 0. The van der Waals surface area contributed by atoms with E-state index >= 15 is 0 Å². The van der Waals surface area contributed by atoms with Crippen molar-refractivity contribution < 1.29 is 23.1 Å². The monoisotopic (exact) mass is 309 g/mol. The Balaban J connectivity index is 2.42. The largest absolute Gasteiger partial charge is 0.503 e. The molecule has 0 aliphatic carbocycles. The topological polar surface area (TPSA) is 40.5 Å². The van der Waals surface area contributed by atoms with E-state index in [0.29, 0.717) is 17.6 Å². The Hall–Kier alpha value is -2.42. The Morgan fingerprint density at radius 3 is 2.36 bits per heavy atom. The van der Waals surface area contributed by atoms with Crippen LogP contribution >= 0.6 is 0 Å². The van der Waals surface area contributed by atoms with Crippen molar-refractivity contribution in [3.05, 3.63) is 41.2 Å². The highest BCUT2D eigenvalue weighted by molar-refractivity contribution is 6.05. The molecule has 1 aliphatic heterocycles. The van der Waals surface area contributed by atoms with Gasteiger partial charge in [-0.15, -0.1) is 6.42 Å². The third-order valence-electron chi connectivity index (χ3n) is 3.60. The Morgan fingerprint density at radius 2 is 1.91 bits per heavy atom. The summed E-state index contributed by atoms with van der Waals surface area (Å²) in [6.07, 6.45) is 1.28. The standard InChI is InChI=1S/C16H14F3NO2/c1-3-9-20-12(4-2)13(14(21)15(20)22)10-5-7-11(8-6-10)16(17,18)19/h1,5-8,12,21H,4,9H2,2H3. The molecule has 116 valence electrons. The third-order valence-corrected chi connectivity index (χ3v) is 3.60. The molecule has 0 aromatic heterocycles. The van der Waals surface area contributed by atoms with Gasteiger partial charge in [0.15, 0.2) is 5.76 Å². The highest BCUT2D eigenvalue weighted by atomic mass is 19.4. The second kappa shape index (κ2) is 5.76. The molecular weight excluding hydrogens is 295 g/mol. The second-order valence-corrected chi connectivity index (χ2v) is 4.90. The lowest BCUT2D eigenvalue weighted by atomic mass is 9.96. The maximum atomic E-state index is 12.6. The molecule has 1 aromatic carbocycles. The maximum Gasteiger partial charge on any atom is 0.416 e. The van der Waals surface area contributed by atoms with Gasteiger partial charge in [0.05, 0.1) is 18.2 Å². The van der Waals surface area contributed by atoms with E-state index in [-0.39, 0.29) is 6.54 Å². The normalized spacial score (nSPS) is 18.8. The van der Waals surface area contributed by atoms with Crippen molar-refractivity contribution in [1.29, 1.82) is 0 Å². The molecule has 0 spiro atoms. The summed E-state index contributed by atoms with van der Waals surface area (Å²) in [5, 5.41) is 10.0. The number of amides is 1. The molecule has 0 saturated heterocycles. The lowest BCUT2D eigenvalue weighted by Gasteiger charge is -2.23. The summed E-state index contributed by atoms with van der Waals surface area (Å²) in [4.78, 5) is 13.4. The van der Waals surface area contributed by atoms with Gasteiger partial charge in [0, 0.05) is 5.57 Å². The average Bonchev–Trinajstić information content (AvgIpc) is 2.71. The first-order valence-electron chi connectivity index (χ1n) is 6.66. The van der Waals surface area contributed by atoms with Crippen molar-refractivity contribution in [1.82, 2.24) is 4.90 Å². The van der Waals surface area contributed by atoms with Gasteiger partial charge in [-0.3, -0.25) is 4.79 Å². The summed E-state index contributed by atoms with van der Waals surface area (Å²) in [5.74, 6) is 1.29. The number of hydrogen-bond acceptors (Lipinski definition) is 2. The van der Waals surface area contributed by atoms with Crippen molar-refractivity contribution in [3.63, 3.8) is 0 Å². The van der Waals surface area contributed by atoms with Crippen molar-refractivity contribution in [2.45, 2.75) is 25.6 Å². The number of carbonyl (C=O) groups is 1. The van der Waals surface area contributed by atoms with Crippen LogP contribution in [-0.2, 0) is 11.0 Å². The van der Waals surface area contributed by atoms with E-state index in [1.165, 1.54) is 17.0 Å². The molecule has 1 aromatic rings. The van der Waals surface area contributed by atoms with E-state index in [1.807, 2.05) is 6.92 Å². The van der Waals surface area contributed by atoms with Crippen LogP contribution in [-0.4, -0.2) is 28.5 Å². The summed E-state index contributed by atoms with van der Waals surface area (Å²) in [7, 11) is 0. The number of alkyl halides is 3. The first-order chi connectivity index (χ1) is 10.3. The molecule has 0 fully saturated rings. The average molecular weight is 309 g/mol. The zero-order valence-electron chi connectivity index (χ0n) is 11.8. The molecule has 0 radical (unpaired) electrons. The summed E-state index contributed by atoms with van der Waals surface area (Å²) in [6, 6.07) is 3.92. The third kappa shape index (κ3) is 2.67. The summed E-state index contributed by atoms with van der Waals surface area (Å²) in [5.41, 5.74) is -0.0871. The minimum atomic E-state index is -4.43. The molecule has 22 heavy (non-hydrogen) atoms. The molecule has 2 rings (SSSR count). The zero-order chi connectivity index (χ0) is 16.5. The molecule has 1 N–H and O–H groups in total. The SMILES string of the molecule is C#CCN1C(=O)C(O)=C(c2ccc(C(F)(F)F)cc2)C1CC. The quantitative estimate of drug-likeness (QED) is 0.871. The van der Waals surface area contributed by atoms with Gasteiger partial charge in [-0.05, 0) is 24.1 Å². The fourth-order valence-electron chi connectivity index (χ4n) is 2.58. The summed E-state index contributed by atoms with van der Waals surface area (Å²) in [6.45, 7) is 1.84. The fraction of sp³-hybridized carbons (Fsp3) is 0.312. The molecule has 3 nitrogen and oxygen atoms in total. The van der Waals surface area contributed by atoms with Crippen LogP contribution in [0.2, 0.25) is 0 Å². The minimum absolute atomic E-state index is 0.0333. The highest BCUT2D eigenvalue weighted by Gasteiger charge is 2.39. The van der Waals surface area contributed by atoms with Crippen LogP contribution in [0, 0.1) is 12.3 Å². The van der Waals surface area contributed by atoms with Gasteiger partial charge in [-0.25, -0.2) is 0 Å². The predicted octanol–water partition coefficient (Wildman–Crippen LogP) is 3.23. The first-order valence-corrected chi connectivity index (χ1v) is 6.66. The molecule has 1 unspecified atom stereocenters. The van der Waals surface area contributed by atoms with Crippen molar-refractivity contribution in [2.24, 2.45) is 0 Å². The maximum absolute atomic E-state index is 12.6. The number of hydrogen-bond donors (Lipinski definition) is 1. The Kier molecular flexibility index (Phi) is 4.18. The number of rotatable bonds is 3. The van der Waals surface area contributed by atoms with Crippen LogP contribution in [0.5, 0.6) is 0 Å². The predicted molar refractivity (Wildman–Crippen MR) is 75.6 cm³/mol. The molecule has 1 atom stereocenters. The lowest BCUT2D eigenvalue weighted by Crippen LogP contribution is -2.35. The number of aliphatic hydroxyl groups excluding tert-OH is 1. The first kappa shape index (κ1) is 16.0. The number of terminal acetylenes is 1. The Bertz CT molecular complexity index is 653. The van der Waals surface area contributed by atoms with E-state index in [0.717, 1.165) is 12.1 Å². The van der Waals surface area contributed by atoms with Crippen LogP contribution in [0.25, 0.3) is 5.57 Å². The number of carbonyl (C=O) groups excluding carboxylic acids is 1. The number of nitrogens with zero attached hydrogens (tertiary/aromatic N) is 1. The van der Waals surface area contributed by atoms with Gasteiger partial charge in [0.1, 0.15) is 0 Å². The molecule has 1 amide bonds. The molecule has 0 bridgehead atoms. The molecule has 1 aliphatic rings. The lowest BCUT2D eigenvalue weighted by molar-refractivity contribution is -0.137. The Labute approximate surface area is 126 Å². The molecular formula is C16H14F3NO2. The van der Waals surface area contributed by atoms with Crippen LogP contribution < -0.4 is 0 Å². The van der Waals surface area contributed by atoms with E-state index in [4.69, 9.17) is 6.42 Å². The van der Waals surface area contributed by atoms with Crippen molar-refractivity contribution in [3.8, 4) is 12.3 Å². The van der Waals surface area contributed by atoms with E-state index in [1.54, 1.807) is 0 Å². The van der Waals surface area contributed by atoms with E-state index in [2.05, 4.69) is 5.92 Å². The van der Waals surface area contributed by atoms with Gasteiger partial charge >= 0.3 is 6.18 Å². The van der Waals surface area contributed by atoms with Crippen LogP contribution in [0.4, 0.5) is 13.2 Å². The van der Waals surface area contributed by atoms with Gasteiger partial charge < -0.3 is 10.0 Å². The highest BCUT2D eigenvalue weighted by Crippen LogP contribution is 2.36. The second-order valence-electron chi connectivity index (χ2n) is 4.90. The number of benzene rings is 1. The van der Waals surface area contributed by atoms with Gasteiger partial charge in [0.2, 0.25) is 0 Å². The van der Waals surface area contributed by atoms with Crippen molar-refractivity contribution in [2.75, 3.05) is 6.54 Å². The minimum Gasteiger partial charge on any atom is -0.503 e. The van der Waals surface area contributed by atoms with Crippen LogP contribution in [0.3, 0.4) is 0 Å². The molecule has 0 saturated carbocycles. The number of aliphatic hydroxyl groups is 1. The van der Waals surface area contributed by atoms with Crippen LogP contribution in [0.15, 0.2) is 30.0 Å². The van der Waals surface area contributed by atoms with Gasteiger partial charge in [0.25, 0.3) is 5.91 Å². The zero-order valence-corrected chi connectivity index (χ0v) is 11.8. The van der Waals surface area contributed by atoms with E-state index < -0.39 is 29.4 Å². The fourth-order valence-corrected chi connectivity index (χ4v) is 2.58. The van der Waals surface area contributed by atoms with Crippen molar-refractivity contribution >= 4 is 11.5 Å². The van der Waals surface area contributed by atoms with Gasteiger partial charge in [-0.2, -0.15) is 13.2 Å².